The number of benzene rings is 1. The fraction of sp³-hybridized carbons (Fsp3) is 0.364. The van der Waals surface area contributed by atoms with E-state index in [1.165, 1.54) is 25.9 Å². The molecule has 0 atom stereocenters. The van der Waals surface area contributed by atoms with Gasteiger partial charge in [-0.2, -0.15) is 0 Å². The molecule has 0 radical (unpaired) electrons. The van der Waals surface area contributed by atoms with Crippen LogP contribution in [0, 0.1) is 5.92 Å². The Balaban J connectivity index is 1.32. The number of fused-ring (bicyclic) bond motifs is 1. The number of nitrogens with one attached hydrogen (secondary N) is 2. The number of hydrogen-bond donors (Lipinski definition) is 2. The third-order valence-corrected chi connectivity index (χ3v) is 5.88. The molecule has 2 N–H and O–H groups in total. The van der Waals surface area contributed by atoms with Crippen molar-refractivity contribution in [3.8, 4) is 0 Å². The molecule has 0 unspecified atom stereocenters. The van der Waals surface area contributed by atoms with Crippen LogP contribution in [0.2, 0.25) is 5.02 Å². The van der Waals surface area contributed by atoms with Crippen LogP contribution >= 0.6 is 11.6 Å². The molecule has 5 nitrogen and oxygen atoms in total. The number of anilines is 2. The van der Waals surface area contributed by atoms with Crippen LogP contribution in [-0.2, 0) is 6.54 Å². The summed E-state index contributed by atoms with van der Waals surface area (Å²) >= 11 is 6.54. The van der Waals surface area contributed by atoms with E-state index in [-0.39, 0.29) is 0 Å². The Bertz CT molecular complexity index is 920. The molecular weight excluding hydrogens is 370 g/mol. The van der Waals surface area contributed by atoms with E-state index >= 15 is 0 Å². The standard InChI is InChI=1S/C22H26ClN5/c1-28-10-7-16(8-11-28)12-26-21-5-2-17(14-27-21)13-25-20-4-3-18-15-24-9-6-19(18)22(20)23/h2-6,9,14-16,25H,7-8,10-13H2,1H3,(H,26,27). The molecule has 4 rings (SSSR count). The summed E-state index contributed by atoms with van der Waals surface area (Å²) in [4.78, 5) is 11.1. The summed E-state index contributed by atoms with van der Waals surface area (Å²) in [6.07, 6.45) is 8.02. The van der Waals surface area contributed by atoms with E-state index in [9.17, 15) is 0 Å². The van der Waals surface area contributed by atoms with Gasteiger partial charge in [-0.15, -0.1) is 0 Å². The summed E-state index contributed by atoms with van der Waals surface area (Å²) in [5.41, 5.74) is 2.04. The number of aromatic nitrogens is 2. The zero-order valence-electron chi connectivity index (χ0n) is 16.2. The number of nitrogens with zero attached hydrogens (tertiary/aromatic N) is 3. The van der Waals surface area contributed by atoms with Crippen molar-refractivity contribution in [2.45, 2.75) is 19.4 Å². The van der Waals surface area contributed by atoms with Gasteiger partial charge in [0.05, 0.1) is 10.7 Å². The number of rotatable bonds is 6. The molecule has 3 heterocycles. The molecule has 6 heteroatoms. The molecule has 146 valence electrons. The van der Waals surface area contributed by atoms with Crippen molar-refractivity contribution in [2.24, 2.45) is 5.92 Å². The average Bonchev–Trinajstić information content (AvgIpc) is 2.74. The molecule has 0 aliphatic carbocycles. The van der Waals surface area contributed by atoms with Crippen molar-refractivity contribution in [1.82, 2.24) is 14.9 Å². The zero-order chi connectivity index (χ0) is 19.3. The van der Waals surface area contributed by atoms with Crippen LogP contribution in [0.5, 0.6) is 0 Å². The highest BCUT2D eigenvalue weighted by molar-refractivity contribution is 6.38. The van der Waals surface area contributed by atoms with Crippen molar-refractivity contribution in [1.29, 1.82) is 0 Å². The number of likely N-dealkylation sites (tertiary alicyclic amines) is 1. The SMILES string of the molecule is CN1CCC(CNc2ccc(CNc3ccc4cnccc4c3Cl)cn2)CC1. The van der Waals surface area contributed by atoms with Gasteiger partial charge in [-0.05, 0) is 62.7 Å². The summed E-state index contributed by atoms with van der Waals surface area (Å²) in [6, 6.07) is 10.1. The monoisotopic (exact) mass is 395 g/mol. The van der Waals surface area contributed by atoms with Gasteiger partial charge in [-0.25, -0.2) is 4.98 Å². The normalized spacial score (nSPS) is 15.6. The van der Waals surface area contributed by atoms with Gasteiger partial charge >= 0.3 is 0 Å². The van der Waals surface area contributed by atoms with E-state index in [4.69, 9.17) is 11.6 Å². The minimum atomic E-state index is 0.679. The Labute approximate surface area is 171 Å². The zero-order valence-corrected chi connectivity index (χ0v) is 16.9. The average molecular weight is 396 g/mol. The van der Waals surface area contributed by atoms with Crippen molar-refractivity contribution >= 4 is 33.9 Å². The van der Waals surface area contributed by atoms with Crippen molar-refractivity contribution in [2.75, 3.05) is 37.3 Å². The lowest BCUT2D eigenvalue weighted by Crippen LogP contribution is -2.33. The molecule has 0 amide bonds. The van der Waals surface area contributed by atoms with Gasteiger partial charge in [0.25, 0.3) is 0 Å². The van der Waals surface area contributed by atoms with Crippen molar-refractivity contribution < 1.29 is 0 Å². The second-order valence-electron chi connectivity index (χ2n) is 7.56. The van der Waals surface area contributed by atoms with E-state index in [0.29, 0.717) is 6.54 Å². The number of halogens is 1. The third-order valence-electron chi connectivity index (χ3n) is 5.47. The maximum Gasteiger partial charge on any atom is 0.125 e. The van der Waals surface area contributed by atoms with Crippen LogP contribution in [0.4, 0.5) is 11.5 Å². The van der Waals surface area contributed by atoms with Gasteiger partial charge in [-0.3, -0.25) is 4.98 Å². The Morgan fingerprint density at radius 1 is 1.07 bits per heavy atom. The minimum absolute atomic E-state index is 0.679. The predicted molar refractivity (Wildman–Crippen MR) is 117 cm³/mol. The van der Waals surface area contributed by atoms with Gasteiger partial charge in [0.2, 0.25) is 0 Å². The van der Waals surface area contributed by atoms with Crippen LogP contribution in [0.25, 0.3) is 10.8 Å². The first-order valence-corrected chi connectivity index (χ1v) is 10.2. The summed E-state index contributed by atoms with van der Waals surface area (Å²) < 4.78 is 0. The minimum Gasteiger partial charge on any atom is -0.380 e. The fourth-order valence-corrected chi connectivity index (χ4v) is 3.92. The summed E-state index contributed by atoms with van der Waals surface area (Å²) in [7, 11) is 2.19. The summed E-state index contributed by atoms with van der Waals surface area (Å²) in [5, 5.41) is 9.67. The molecule has 2 aromatic heterocycles. The van der Waals surface area contributed by atoms with Crippen LogP contribution in [-0.4, -0.2) is 41.5 Å². The van der Waals surface area contributed by atoms with E-state index in [1.54, 1.807) is 6.20 Å². The smallest absolute Gasteiger partial charge is 0.125 e. The Hall–Kier alpha value is -2.37. The van der Waals surface area contributed by atoms with Gasteiger partial charge in [0.1, 0.15) is 5.82 Å². The molecule has 0 saturated carbocycles. The molecule has 3 aromatic rings. The molecule has 1 aliphatic heterocycles. The number of piperidine rings is 1. The third kappa shape index (κ3) is 4.54. The van der Waals surface area contributed by atoms with Gasteiger partial charge in [0, 0.05) is 42.5 Å². The van der Waals surface area contributed by atoms with Gasteiger partial charge in [0.15, 0.2) is 0 Å². The first-order chi connectivity index (χ1) is 13.7. The Kier molecular flexibility index (Phi) is 5.93. The predicted octanol–water partition coefficient (Wildman–Crippen LogP) is 4.65. The lowest BCUT2D eigenvalue weighted by atomic mass is 9.97. The highest BCUT2D eigenvalue weighted by Gasteiger charge is 2.16. The Morgan fingerprint density at radius 3 is 2.71 bits per heavy atom. The summed E-state index contributed by atoms with van der Waals surface area (Å²) in [5.74, 6) is 1.68. The molecule has 1 saturated heterocycles. The lowest BCUT2D eigenvalue weighted by molar-refractivity contribution is 0.226. The van der Waals surface area contributed by atoms with Gasteiger partial charge in [-0.1, -0.05) is 23.7 Å². The number of pyridine rings is 2. The highest BCUT2D eigenvalue weighted by atomic mass is 35.5. The summed E-state index contributed by atoms with van der Waals surface area (Å²) in [6.45, 7) is 4.06. The van der Waals surface area contributed by atoms with Crippen LogP contribution in [0.1, 0.15) is 18.4 Å². The fourth-order valence-electron chi connectivity index (χ4n) is 3.61. The highest BCUT2D eigenvalue weighted by Crippen LogP contribution is 2.30. The van der Waals surface area contributed by atoms with E-state index in [1.807, 2.05) is 30.6 Å². The molecule has 1 fully saturated rings. The van der Waals surface area contributed by atoms with Crippen molar-refractivity contribution in [3.05, 3.63) is 59.5 Å². The first kappa shape index (κ1) is 19.0. The maximum absolute atomic E-state index is 6.54. The van der Waals surface area contributed by atoms with E-state index in [0.717, 1.165) is 45.3 Å². The van der Waals surface area contributed by atoms with Gasteiger partial charge < -0.3 is 15.5 Å². The molecule has 1 aromatic carbocycles. The number of hydrogen-bond acceptors (Lipinski definition) is 5. The topological polar surface area (TPSA) is 53.1 Å². The van der Waals surface area contributed by atoms with E-state index < -0.39 is 0 Å². The Morgan fingerprint density at radius 2 is 1.93 bits per heavy atom. The molecule has 0 spiro atoms. The second kappa shape index (κ2) is 8.76. The second-order valence-corrected chi connectivity index (χ2v) is 7.93. The largest absolute Gasteiger partial charge is 0.380 e. The quantitative estimate of drug-likeness (QED) is 0.636. The van der Waals surface area contributed by atoms with Crippen LogP contribution < -0.4 is 10.6 Å². The van der Waals surface area contributed by atoms with Crippen LogP contribution in [0.15, 0.2) is 48.9 Å². The molecule has 0 bridgehead atoms. The van der Waals surface area contributed by atoms with Crippen molar-refractivity contribution in [3.63, 3.8) is 0 Å². The van der Waals surface area contributed by atoms with E-state index in [2.05, 4.69) is 44.7 Å². The molecule has 1 aliphatic rings. The maximum atomic E-state index is 6.54. The molecule has 28 heavy (non-hydrogen) atoms. The van der Waals surface area contributed by atoms with Crippen LogP contribution in [0.3, 0.4) is 0 Å². The lowest BCUT2D eigenvalue weighted by Gasteiger charge is -2.29. The molecular formula is C22H26ClN5. The first-order valence-electron chi connectivity index (χ1n) is 9.82.